The Morgan fingerprint density at radius 2 is 2.12 bits per heavy atom. The van der Waals surface area contributed by atoms with Crippen LogP contribution in [0.5, 0.6) is 0 Å². The Labute approximate surface area is 103 Å². The van der Waals surface area contributed by atoms with Crippen LogP contribution in [0.1, 0.15) is 46.5 Å². The molecule has 2 N–H and O–H groups in total. The highest BCUT2D eigenvalue weighted by molar-refractivity contribution is 5.57. The third kappa shape index (κ3) is 3.35. The number of hydrogen-bond acceptors (Lipinski definition) is 3. The Kier molecular flexibility index (Phi) is 4.80. The van der Waals surface area contributed by atoms with E-state index in [9.17, 15) is 9.90 Å². The molecule has 1 saturated carbocycles. The smallest absolute Gasteiger partial charge is 0.450 e. The number of aliphatic hydroxyl groups is 1. The van der Waals surface area contributed by atoms with Gasteiger partial charge in [-0.25, -0.2) is 4.79 Å². The van der Waals surface area contributed by atoms with Gasteiger partial charge in [-0.1, -0.05) is 27.2 Å². The molecule has 0 aromatic carbocycles. The minimum absolute atomic E-state index is 0.0246. The molecule has 0 radical (unpaired) electrons. The van der Waals surface area contributed by atoms with Gasteiger partial charge in [0, 0.05) is 18.9 Å². The molecule has 0 amide bonds. The van der Waals surface area contributed by atoms with Gasteiger partial charge in [-0.3, -0.25) is 0 Å². The molecule has 3 atom stereocenters. The number of rotatable bonds is 4. The van der Waals surface area contributed by atoms with Gasteiger partial charge >= 0.3 is 6.16 Å². The summed E-state index contributed by atoms with van der Waals surface area (Å²) in [5.74, 6) is 1.03. The van der Waals surface area contributed by atoms with Crippen molar-refractivity contribution in [2.24, 2.45) is 17.8 Å². The van der Waals surface area contributed by atoms with Crippen molar-refractivity contribution >= 4 is 6.16 Å². The molecule has 0 aromatic rings. The lowest BCUT2D eigenvalue weighted by Gasteiger charge is -2.46. The number of carboxylic acid groups (broad SMARTS) is 1. The fraction of sp³-hybridized carbons (Fsp3) is 0.923. The Balaban J connectivity index is 2.95. The van der Waals surface area contributed by atoms with Crippen LogP contribution >= 0.6 is 0 Å². The highest BCUT2D eigenvalue weighted by Crippen LogP contribution is 2.45. The zero-order valence-corrected chi connectivity index (χ0v) is 11.0. The molecule has 3 unspecified atom stereocenters. The van der Waals surface area contributed by atoms with Gasteiger partial charge in [0.25, 0.3) is 0 Å². The SMILES string of the molecule is CC1CCC(C(C)C)C(CCO)(OC(=O)O)C1. The molecule has 1 fully saturated rings. The second-order valence-corrected chi connectivity index (χ2v) is 5.64. The Bertz CT molecular complexity index is 264. The molecule has 1 aliphatic rings. The Hall–Kier alpha value is -0.770. The van der Waals surface area contributed by atoms with Crippen molar-refractivity contribution in [1.29, 1.82) is 0 Å². The average molecular weight is 244 g/mol. The number of carbonyl (C=O) groups is 1. The predicted molar refractivity (Wildman–Crippen MR) is 64.9 cm³/mol. The van der Waals surface area contributed by atoms with Crippen LogP contribution in [0, 0.1) is 17.8 Å². The van der Waals surface area contributed by atoms with Gasteiger partial charge in [0.15, 0.2) is 0 Å². The topological polar surface area (TPSA) is 66.8 Å². The summed E-state index contributed by atoms with van der Waals surface area (Å²) in [7, 11) is 0. The molecular weight excluding hydrogens is 220 g/mol. The zero-order chi connectivity index (χ0) is 13.1. The maximum absolute atomic E-state index is 10.9. The lowest BCUT2D eigenvalue weighted by Crippen LogP contribution is -2.49. The summed E-state index contributed by atoms with van der Waals surface area (Å²) in [6.45, 7) is 6.28. The summed E-state index contributed by atoms with van der Waals surface area (Å²) < 4.78 is 5.22. The summed E-state index contributed by atoms with van der Waals surface area (Å²) in [5, 5.41) is 18.1. The van der Waals surface area contributed by atoms with Crippen molar-refractivity contribution in [3.8, 4) is 0 Å². The molecule has 1 rings (SSSR count). The second kappa shape index (κ2) is 5.71. The predicted octanol–water partition coefficient (Wildman–Crippen LogP) is 2.89. The van der Waals surface area contributed by atoms with Crippen LogP contribution in [0.3, 0.4) is 0 Å². The van der Waals surface area contributed by atoms with Gasteiger partial charge in [-0.2, -0.15) is 0 Å². The highest BCUT2D eigenvalue weighted by Gasteiger charge is 2.47. The summed E-state index contributed by atoms with van der Waals surface area (Å²) in [5.41, 5.74) is -0.688. The summed E-state index contributed by atoms with van der Waals surface area (Å²) in [6, 6.07) is 0. The maximum atomic E-state index is 10.9. The van der Waals surface area contributed by atoms with Crippen LogP contribution in [0.25, 0.3) is 0 Å². The molecule has 4 heteroatoms. The molecule has 0 aromatic heterocycles. The highest BCUT2D eigenvalue weighted by atomic mass is 16.7. The van der Waals surface area contributed by atoms with E-state index in [2.05, 4.69) is 20.8 Å². The molecule has 0 aliphatic heterocycles. The lowest BCUT2D eigenvalue weighted by molar-refractivity contribution is -0.113. The molecular formula is C13H24O4. The largest absolute Gasteiger partial charge is 0.506 e. The molecule has 0 heterocycles. The second-order valence-electron chi connectivity index (χ2n) is 5.64. The van der Waals surface area contributed by atoms with Crippen molar-refractivity contribution < 1.29 is 19.7 Å². The van der Waals surface area contributed by atoms with E-state index >= 15 is 0 Å². The zero-order valence-electron chi connectivity index (χ0n) is 11.0. The third-order valence-electron chi connectivity index (χ3n) is 3.97. The van der Waals surface area contributed by atoms with E-state index in [0.29, 0.717) is 18.3 Å². The van der Waals surface area contributed by atoms with E-state index in [1.807, 2.05) is 0 Å². The minimum atomic E-state index is -1.22. The Morgan fingerprint density at radius 1 is 1.47 bits per heavy atom. The van der Waals surface area contributed by atoms with Gasteiger partial charge in [0.2, 0.25) is 0 Å². The van der Waals surface area contributed by atoms with Gasteiger partial charge in [0.05, 0.1) is 0 Å². The van der Waals surface area contributed by atoms with Gasteiger partial charge < -0.3 is 14.9 Å². The Morgan fingerprint density at radius 3 is 2.59 bits per heavy atom. The quantitative estimate of drug-likeness (QED) is 0.746. The van der Waals surface area contributed by atoms with Gasteiger partial charge in [-0.05, 0) is 24.7 Å². The van der Waals surface area contributed by atoms with Crippen molar-refractivity contribution in [2.45, 2.75) is 52.1 Å². The van der Waals surface area contributed by atoms with Crippen molar-refractivity contribution in [1.82, 2.24) is 0 Å². The van der Waals surface area contributed by atoms with Crippen LogP contribution in [0.2, 0.25) is 0 Å². The fourth-order valence-corrected chi connectivity index (χ4v) is 3.33. The molecule has 0 saturated heterocycles. The first-order chi connectivity index (χ1) is 7.91. The van der Waals surface area contributed by atoms with Crippen LogP contribution in [-0.2, 0) is 4.74 Å². The number of aliphatic hydroxyl groups excluding tert-OH is 1. The van der Waals surface area contributed by atoms with Gasteiger partial charge in [-0.15, -0.1) is 0 Å². The number of hydrogen-bond donors (Lipinski definition) is 2. The fourth-order valence-electron chi connectivity index (χ4n) is 3.33. The van der Waals surface area contributed by atoms with Crippen LogP contribution in [0.15, 0.2) is 0 Å². The van der Waals surface area contributed by atoms with Crippen LogP contribution in [-0.4, -0.2) is 28.6 Å². The summed E-state index contributed by atoms with van der Waals surface area (Å²) in [6.07, 6.45) is 2.00. The van der Waals surface area contributed by atoms with E-state index in [-0.39, 0.29) is 12.5 Å². The first kappa shape index (κ1) is 14.3. The molecule has 4 nitrogen and oxygen atoms in total. The number of ether oxygens (including phenoxy) is 1. The van der Waals surface area contributed by atoms with Crippen molar-refractivity contribution in [3.05, 3.63) is 0 Å². The van der Waals surface area contributed by atoms with Gasteiger partial charge in [0.1, 0.15) is 5.60 Å². The molecule has 0 bridgehead atoms. The van der Waals surface area contributed by atoms with Crippen LogP contribution < -0.4 is 0 Å². The molecule has 1 aliphatic carbocycles. The third-order valence-corrected chi connectivity index (χ3v) is 3.97. The monoisotopic (exact) mass is 244 g/mol. The first-order valence-corrected chi connectivity index (χ1v) is 6.44. The lowest BCUT2D eigenvalue weighted by atomic mass is 9.65. The van der Waals surface area contributed by atoms with Crippen LogP contribution in [0.4, 0.5) is 4.79 Å². The molecule has 100 valence electrons. The summed E-state index contributed by atoms with van der Waals surface area (Å²) >= 11 is 0. The first-order valence-electron chi connectivity index (χ1n) is 6.44. The maximum Gasteiger partial charge on any atom is 0.506 e. The molecule has 0 spiro atoms. The van der Waals surface area contributed by atoms with E-state index < -0.39 is 11.8 Å². The molecule has 17 heavy (non-hydrogen) atoms. The normalized spacial score (nSPS) is 33.7. The van der Waals surface area contributed by atoms with E-state index in [1.165, 1.54) is 0 Å². The standard InChI is InChI=1S/C13H24O4/c1-9(2)11-5-4-10(3)8-13(11,6-7-14)17-12(15)16/h9-11,14H,4-8H2,1-3H3,(H,15,16). The van der Waals surface area contributed by atoms with E-state index in [0.717, 1.165) is 19.3 Å². The van der Waals surface area contributed by atoms with E-state index in [1.54, 1.807) is 0 Å². The van der Waals surface area contributed by atoms with Crippen molar-refractivity contribution in [2.75, 3.05) is 6.61 Å². The van der Waals surface area contributed by atoms with E-state index in [4.69, 9.17) is 9.84 Å². The average Bonchev–Trinajstić information content (AvgIpc) is 2.15. The van der Waals surface area contributed by atoms with Crippen molar-refractivity contribution in [3.63, 3.8) is 0 Å². The summed E-state index contributed by atoms with van der Waals surface area (Å²) in [4.78, 5) is 10.9. The minimum Gasteiger partial charge on any atom is -0.450 e.